The number of fused-ring (bicyclic) bond motifs is 1. The van der Waals surface area contributed by atoms with Gasteiger partial charge in [0.15, 0.2) is 5.65 Å². The van der Waals surface area contributed by atoms with Gasteiger partial charge in [-0.05, 0) is 36.2 Å². The molecule has 28 heavy (non-hydrogen) atoms. The number of nitrogen functional groups attached to an aromatic ring is 2. The molecular formula is C19H17N9. The number of hydrazine groups is 1. The van der Waals surface area contributed by atoms with E-state index in [-0.39, 0.29) is 5.95 Å². The highest BCUT2D eigenvalue weighted by atomic mass is 15.3. The SMILES string of the molecule is Cc1cc(Cn2ncc3c(-c4cccc(C#N)n4)nc(NN)nc32)ccc1N. The quantitative estimate of drug-likeness (QED) is 0.280. The molecule has 0 radical (unpaired) electrons. The summed E-state index contributed by atoms with van der Waals surface area (Å²) >= 11 is 0. The van der Waals surface area contributed by atoms with Crippen molar-refractivity contribution >= 4 is 22.7 Å². The third-order valence-electron chi connectivity index (χ3n) is 4.40. The minimum absolute atomic E-state index is 0.238. The van der Waals surface area contributed by atoms with Crippen molar-refractivity contribution in [1.29, 1.82) is 5.26 Å². The number of nitrogens with zero attached hydrogens (tertiary/aromatic N) is 6. The van der Waals surface area contributed by atoms with E-state index in [0.717, 1.165) is 16.8 Å². The fraction of sp³-hybridized carbons (Fsp3) is 0.105. The molecule has 3 aromatic heterocycles. The molecule has 0 aliphatic carbocycles. The van der Waals surface area contributed by atoms with E-state index in [1.807, 2.05) is 31.2 Å². The van der Waals surface area contributed by atoms with Crippen molar-refractivity contribution in [2.45, 2.75) is 13.5 Å². The smallest absolute Gasteiger partial charge is 0.239 e. The molecule has 3 heterocycles. The fourth-order valence-electron chi connectivity index (χ4n) is 2.97. The van der Waals surface area contributed by atoms with Crippen LogP contribution >= 0.6 is 0 Å². The normalized spacial score (nSPS) is 10.8. The Morgan fingerprint density at radius 2 is 2.04 bits per heavy atom. The van der Waals surface area contributed by atoms with Crippen LogP contribution in [0.1, 0.15) is 16.8 Å². The summed E-state index contributed by atoms with van der Waals surface area (Å²) in [5.74, 6) is 5.80. The minimum Gasteiger partial charge on any atom is -0.399 e. The average molecular weight is 371 g/mol. The Bertz CT molecular complexity index is 1220. The van der Waals surface area contributed by atoms with Crippen LogP contribution in [0.4, 0.5) is 11.6 Å². The molecule has 9 nitrogen and oxygen atoms in total. The predicted molar refractivity (Wildman–Crippen MR) is 106 cm³/mol. The van der Waals surface area contributed by atoms with Crippen molar-refractivity contribution in [3.05, 3.63) is 59.4 Å². The first-order chi connectivity index (χ1) is 13.6. The van der Waals surface area contributed by atoms with Crippen LogP contribution in [-0.2, 0) is 6.54 Å². The van der Waals surface area contributed by atoms with Crippen LogP contribution in [0.3, 0.4) is 0 Å². The van der Waals surface area contributed by atoms with Gasteiger partial charge in [0.25, 0.3) is 0 Å². The molecule has 0 aliphatic rings. The second-order valence-corrected chi connectivity index (χ2v) is 6.29. The van der Waals surface area contributed by atoms with E-state index in [4.69, 9.17) is 16.8 Å². The largest absolute Gasteiger partial charge is 0.399 e. The highest BCUT2D eigenvalue weighted by Gasteiger charge is 2.16. The van der Waals surface area contributed by atoms with Gasteiger partial charge in [-0.1, -0.05) is 18.2 Å². The lowest BCUT2D eigenvalue weighted by Gasteiger charge is -2.08. The summed E-state index contributed by atoms with van der Waals surface area (Å²) in [5, 5.41) is 14.3. The van der Waals surface area contributed by atoms with Gasteiger partial charge in [0.2, 0.25) is 5.95 Å². The number of pyridine rings is 1. The van der Waals surface area contributed by atoms with E-state index in [1.54, 1.807) is 29.1 Å². The number of hydrogen-bond acceptors (Lipinski definition) is 8. The van der Waals surface area contributed by atoms with Gasteiger partial charge in [-0.25, -0.2) is 20.5 Å². The van der Waals surface area contributed by atoms with Gasteiger partial charge in [0, 0.05) is 5.69 Å². The third kappa shape index (κ3) is 3.08. The molecule has 0 atom stereocenters. The molecule has 5 N–H and O–H groups in total. The molecule has 9 heteroatoms. The van der Waals surface area contributed by atoms with Gasteiger partial charge >= 0.3 is 0 Å². The summed E-state index contributed by atoms with van der Waals surface area (Å²) < 4.78 is 1.76. The van der Waals surface area contributed by atoms with E-state index in [1.165, 1.54) is 0 Å². The second-order valence-electron chi connectivity index (χ2n) is 6.29. The van der Waals surface area contributed by atoms with Crippen molar-refractivity contribution in [3.63, 3.8) is 0 Å². The first-order valence-electron chi connectivity index (χ1n) is 8.51. The Balaban J connectivity index is 1.84. The number of nitriles is 1. The first-order valence-corrected chi connectivity index (χ1v) is 8.51. The molecule has 0 saturated carbocycles. The van der Waals surface area contributed by atoms with E-state index >= 15 is 0 Å². The highest BCUT2D eigenvalue weighted by molar-refractivity contribution is 5.90. The van der Waals surface area contributed by atoms with Crippen LogP contribution in [-0.4, -0.2) is 24.7 Å². The van der Waals surface area contributed by atoms with Crippen molar-refractivity contribution in [1.82, 2.24) is 24.7 Å². The van der Waals surface area contributed by atoms with Gasteiger partial charge in [-0.15, -0.1) is 0 Å². The fourth-order valence-corrected chi connectivity index (χ4v) is 2.97. The number of nitrogens with two attached hydrogens (primary N) is 2. The lowest BCUT2D eigenvalue weighted by molar-refractivity contribution is 0.703. The molecule has 0 spiro atoms. The van der Waals surface area contributed by atoms with E-state index in [0.29, 0.717) is 34.7 Å². The van der Waals surface area contributed by atoms with Crippen molar-refractivity contribution in [3.8, 4) is 17.5 Å². The van der Waals surface area contributed by atoms with Crippen LogP contribution < -0.4 is 17.0 Å². The molecule has 0 bridgehead atoms. The molecule has 0 saturated heterocycles. The number of anilines is 2. The maximum absolute atomic E-state index is 9.13. The van der Waals surface area contributed by atoms with Gasteiger partial charge < -0.3 is 5.73 Å². The summed E-state index contributed by atoms with van der Waals surface area (Å²) in [5.41, 5.74) is 13.2. The maximum atomic E-state index is 9.13. The number of hydrogen-bond donors (Lipinski definition) is 3. The zero-order valence-corrected chi connectivity index (χ0v) is 15.1. The Morgan fingerprint density at radius 3 is 2.79 bits per heavy atom. The topological polar surface area (TPSA) is 144 Å². The highest BCUT2D eigenvalue weighted by Crippen LogP contribution is 2.26. The standard InChI is InChI=1S/C19H17N9/c1-11-7-12(5-6-15(11)21)10-28-18-14(9-23-28)17(25-19(26-18)27-22)16-4-2-3-13(8-20)24-16/h2-7,9H,10,21-22H2,1H3,(H,25,26,27). The zero-order valence-electron chi connectivity index (χ0n) is 15.1. The van der Waals surface area contributed by atoms with E-state index < -0.39 is 0 Å². The summed E-state index contributed by atoms with van der Waals surface area (Å²) in [7, 11) is 0. The summed E-state index contributed by atoms with van der Waals surface area (Å²) in [6, 6.07) is 13.1. The molecule has 4 rings (SSSR count). The van der Waals surface area contributed by atoms with Gasteiger partial charge in [-0.3, -0.25) is 5.43 Å². The van der Waals surface area contributed by atoms with Crippen LogP contribution in [0.5, 0.6) is 0 Å². The first kappa shape index (κ1) is 17.4. The molecule has 0 fully saturated rings. The van der Waals surface area contributed by atoms with Crippen LogP contribution in [0, 0.1) is 18.3 Å². The van der Waals surface area contributed by atoms with Gasteiger partial charge in [-0.2, -0.15) is 15.3 Å². The van der Waals surface area contributed by atoms with E-state index in [2.05, 4.69) is 25.5 Å². The molecule has 4 aromatic rings. The molecule has 0 amide bonds. The van der Waals surface area contributed by atoms with Crippen LogP contribution in [0.15, 0.2) is 42.6 Å². The molecule has 0 unspecified atom stereocenters. The summed E-state index contributed by atoms with van der Waals surface area (Å²) in [4.78, 5) is 13.2. The zero-order chi connectivity index (χ0) is 19.7. The predicted octanol–water partition coefficient (Wildman–Crippen LogP) is 1.98. The Kier molecular flexibility index (Phi) is 4.31. The number of aromatic nitrogens is 5. The summed E-state index contributed by atoms with van der Waals surface area (Å²) in [6.07, 6.45) is 1.69. The minimum atomic E-state index is 0.238. The Labute approximate surface area is 160 Å². The third-order valence-corrected chi connectivity index (χ3v) is 4.40. The Hall–Kier alpha value is -4.03. The molecular weight excluding hydrogens is 354 g/mol. The molecule has 138 valence electrons. The lowest BCUT2D eigenvalue weighted by Crippen LogP contribution is -2.12. The van der Waals surface area contributed by atoms with Crippen molar-refractivity contribution in [2.24, 2.45) is 5.84 Å². The Morgan fingerprint density at radius 1 is 1.18 bits per heavy atom. The van der Waals surface area contributed by atoms with Crippen molar-refractivity contribution in [2.75, 3.05) is 11.2 Å². The van der Waals surface area contributed by atoms with Gasteiger partial charge in [0.05, 0.1) is 23.8 Å². The van der Waals surface area contributed by atoms with Crippen LogP contribution in [0.2, 0.25) is 0 Å². The molecule has 1 aromatic carbocycles. The second kappa shape index (κ2) is 6.94. The number of aryl methyl sites for hydroxylation is 1. The van der Waals surface area contributed by atoms with Gasteiger partial charge in [0.1, 0.15) is 17.5 Å². The average Bonchev–Trinajstić information content (AvgIpc) is 3.12. The maximum Gasteiger partial charge on any atom is 0.239 e. The molecule has 0 aliphatic heterocycles. The number of rotatable bonds is 4. The van der Waals surface area contributed by atoms with E-state index in [9.17, 15) is 0 Å². The number of nitrogens with one attached hydrogen (secondary N) is 1. The van der Waals surface area contributed by atoms with Crippen molar-refractivity contribution < 1.29 is 0 Å². The summed E-state index contributed by atoms with van der Waals surface area (Å²) in [6.45, 7) is 2.47. The van der Waals surface area contributed by atoms with Crippen LogP contribution in [0.25, 0.3) is 22.4 Å². The lowest BCUT2D eigenvalue weighted by atomic mass is 10.1. The number of benzene rings is 1. The monoisotopic (exact) mass is 371 g/mol.